The van der Waals surface area contributed by atoms with Gasteiger partial charge in [-0.2, -0.15) is 0 Å². The van der Waals surface area contributed by atoms with Crippen LogP contribution in [0.4, 0.5) is 4.39 Å². The summed E-state index contributed by atoms with van der Waals surface area (Å²) in [6.07, 6.45) is 6.36. The van der Waals surface area contributed by atoms with Gasteiger partial charge < -0.3 is 9.51 Å². The molecule has 24 heavy (non-hydrogen) atoms. The van der Waals surface area contributed by atoms with E-state index in [0.29, 0.717) is 22.8 Å². The molecule has 3 aromatic heterocycles. The summed E-state index contributed by atoms with van der Waals surface area (Å²) < 4.78 is 17.3. The van der Waals surface area contributed by atoms with Crippen molar-refractivity contribution in [1.82, 2.24) is 24.4 Å². The number of hydrogen-bond donors (Lipinski definition) is 1. The van der Waals surface area contributed by atoms with Gasteiger partial charge in [-0.3, -0.25) is 0 Å². The molecule has 3 aromatic rings. The Bertz CT molecular complexity index is 926. The number of pyridine rings is 1. The van der Waals surface area contributed by atoms with E-state index in [0.717, 1.165) is 18.4 Å². The molecule has 1 aliphatic carbocycles. The van der Waals surface area contributed by atoms with Crippen LogP contribution in [0.1, 0.15) is 59.2 Å². The zero-order valence-electron chi connectivity index (χ0n) is 13.1. The maximum absolute atomic E-state index is 14.0. The lowest BCUT2D eigenvalue weighted by atomic mass is 10.1. The zero-order chi connectivity index (χ0) is 16.8. The predicted octanol–water partition coefficient (Wildman–Crippen LogP) is 2.58. The van der Waals surface area contributed by atoms with E-state index in [2.05, 4.69) is 15.3 Å². The van der Waals surface area contributed by atoms with Gasteiger partial charge in [-0.25, -0.2) is 18.9 Å². The van der Waals surface area contributed by atoms with Crippen LogP contribution < -0.4 is 0 Å². The first-order valence-corrected chi connectivity index (χ1v) is 7.80. The molecule has 0 bridgehead atoms. The summed E-state index contributed by atoms with van der Waals surface area (Å²) in [6.45, 7) is 1.79. The molecule has 4 rings (SSSR count). The molecule has 0 saturated heterocycles. The van der Waals surface area contributed by atoms with Crippen LogP contribution in [0.15, 0.2) is 24.7 Å². The zero-order valence-corrected chi connectivity index (χ0v) is 13.1. The molecule has 0 aliphatic heterocycles. The van der Waals surface area contributed by atoms with Crippen molar-refractivity contribution < 1.29 is 14.3 Å². The Labute approximate surface area is 136 Å². The van der Waals surface area contributed by atoms with Crippen molar-refractivity contribution in [2.45, 2.75) is 38.4 Å². The van der Waals surface area contributed by atoms with Gasteiger partial charge in [0.25, 0.3) is 0 Å². The molecule has 0 amide bonds. The Morgan fingerprint density at radius 1 is 1.42 bits per heavy atom. The molecule has 0 spiro atoms. The van der Waals surface area contributed by atoms with Crippen LogP contribution in [-0.2, 0) is 6.54 Å². The molecular formula is C16H16FN5O2. The van der Waals surface area contributed by atoms with Crippen molar-refractivity contribution in [3.8, 4) is 0 Å². The second-order valence-electron chi connectivity index (χ2n) is 6.19. The van der Waals surface area contributed by atoms with Crippen LogP contribution in [0, 0.1) is 0 Å². The van der Waals surface area contributed by atoms with Gasteiger partial charge in [-0.1, -0.05) is 5.21 Å². The number of rotatable bonds is 5. The van der Waals surface area contributed by atoms with Crippen LogP contribution in [-0.4, -0.2) is 35.5 Å². The third-order valence-electron chi connectivity index (χ3n) is 4.21. The van der Waals surface area contributed by atoms with Crippen molar-refractivity contribution >= 4 is 11.6 Å². The molecule has 1 fully saturated rings. The summed E-state index contributed by atoms with van der Waals surface area (Å²) >= 11 is 0. The molecule has 1 atom stereocenters. The van der Waals surface area contributed by atoms with Crippen molar-refractivity contribution in [1.29, 1.82) is 0 Å². The fraction of sp³-hybridized carbons (Fsp3) is 0.375. The van der Waals surface area contributed by atoms with Gasteiger partial charge in [0.1, 0.15) is 11.8 Å². The van der Waals surface area contributed by atoms with Crippen molar-refractivity contribution in [2.24, 2.45) is 0 Å². The molecule has 1 aliphatic rings. The van der Waals surface area contributed by atoms with Gasteiger partial charge in [0.2, 0.25) is 0 Å². The van der Waals surface area contributed by atoms with Crippen LogP contribution in [0.2, 0.25) is 0 Å². The second kappa shape index (κ2) is 5.40. The number of fused-ring (bicyclic) bond motifs is 1. The van der Waals surface area contributed by atoms with E-state index in [-0.39, 0.29) is 12.2 Å². The number of aromatic nitrogens is 5. The molecule has 3 heterocycles. The highest BCUT2D eigenvalue weighted by Crippen LogP contribution is 2.41. The Morgan fingerprint density at radius 3 is 2.83 bits per heavy atom. The molecule has 7 nitrogen and oxygen atoms in total. The van der Waals surface area contributed by atoms with Gasteiger partial charge in [0.05, 0.1) is 18.4 Å². The van der Waals surface area contributed by atoms with Crippen molar-refractivity contribution in [2.75, 3.05) is 0 Å². The van der Waals surface area contributed by atoms with Crippen LogP contribution in [0.3, 0.4) is 0 Å². The monoisotopic (exact) mass is 329 g/mol. The number of carboxylic acid groups (broad SMARTS) is 1. The molecule has 0 radical (unpaired) electrons. The Balaban J connectivity index is 1.71. The number of alkyl halides is 1. The van der Waals surface area contributed by atoms with Crippen LogP contribution in [0.25, 0.3) is 5.65 Å². The predicted molar refractivity (Wildman–Crippen MR) is 82.8 cm³/mol. The Morgan fingerprint density at radius 2 is 2.21 bits per heavy atom. The van der Waals surface area contributed by atoms with Gasteiger partial charge in [-0.05, 0) is 37.3 Å². The highest BCUT2D eigenvalue weighted by Gasteiger charge is 2.26. The molecule has 124 valence electrons. The van der Waals surface area contributed by atoms with Gasteiger partial charge in [0.15, 0.2) is 5.69 Å². The molecule has 8 heteroatoms. The maximum Gasteiger partial charge on any atom is 0.358 e. The summed E-state index contributed by atoms with van der Waals surface area (Å²) in [5.41, 5.74) is 2.86. The molecule has 1 saturated carbocycles. The van der Waals surface area contributed by atoms with Gasteiger partial charge in [-0.15, -0.1) is 5.10 Å². The minimum atomic E-state index is -1.13. The maximum atomic E-state index is 14.0. The van der Waals surface area contributed by atoms with Crippen LogP contribution >= 0.6 is 0 Å². The minimum Gasteiger partial charge on any atom is -0.476 e. The largest absolute Gasteiger partial charge is 0.476 e. The number of nitrogens with zero attached hydrogens (tertiary/aromatic N) is 5. The van der Waals surface area contributed by atoms with E-state index < -0.39 is 12.1 Å². The molecule has 0 aromatic carbocycles. The summed E-state index contributed by atoms with van der Waals surface area (Å²) in [6, 6.07) is 1.91. The highest BCUT2D eigenvalue weighted by molar-refractivity contribution is 5.84. The van der Waals surface area contributed by atoms with Gasteiger partial charge >= 0.3 is 5.97 Å². The third-order valence-corrected chi connectivity index (χ3v) is 4.21. The number of hydrogen-bond acceptors (Lipinski definition) is 4. The SMILES string of the molecule is CC(F)c1cc(C2CC2)cn2cc(Cn3cc(C(=O)O)nn3)nc12. The molecule has 1 N–H and O–H groups in total. The van der Waals surface area contributed by atoms with Crippen LogP contribution in [0.5, 0.6) is 0 Å². The standard InChI is InChI=1S/C16H16FN5O2/c1-9(17)13-4-11(10-2-3-10)5-21-6-12(18-15(13)21)7-22-8-14(16(23)24)19-20-22/h4-6,8-10H,2-3,7H2,1H3,(H,23,24). The lowest BCUT2D eigenvalue weighted by molar-refractivity contribution is 0.0690. The van der Waals surface area contributed by atoms with Crippen molar-refractivity contribution in [3.63, 3.8) is 0 Å². The summed E-state index contributed by atoms with van der Waals surface area (Å²) in [5.74, 6) is -0.606. The highest BCUT2D eigenvalue weighted by atomic mass is 19.1. The first-order chi connectivity index (χ1) is 11.5. The number of aromatic carboxylic acids is 1. The summed E-state index contributed by atoms with van der Waals surface area (Å²) in [5, 5.41) is 16.2. The van der Waals surface area contributed by atoms with E-state index in [1.165, 1.54) is 17.8 Å². The lowest BCUT2D eigenvalue weighted by Gasteiger charge is -2.08. The van der Waals surface area contributed by atoms with E-state index in [9.17, 15) is 9.18 Å². The number of imidazole rings is 1. The fourth-order valence-electron chi connectivity index (χ4n) is 2.85. The smallest absolute Gasteiger partial charge is 0.358 e. The average Bonchev–Trinajstić information content (AvgIpc) is 3.14. The van der Waals surface area contributed by atoms with E-state index >= 15 is 0 Å². The van der Waals surface area contributed by atoms with E-state index in [1.54, 1.807) is 0 Å². The van der Waals surface area contributed by atoms with Gasteiger partial charge in [0, 0.05) is 18.0 Å². The van der Waals surface area contributed by atoms with E-state index in [1.807, 2.05) is 22.9 Å². The second-order valence-corrected chi connectivity index (χ2v) is 6.19. The van der Waals surface area contributed by atoms with E-state index in [4.69, 9.17) is 5.11 Å². The quantitative estimate of drug-likeness (QED) is 0.777. The average molecular weight is 329 g/mol. The minimum absolute atomic E-state index is 0.118. The Kier molecular flexibility index (Phi) is 3.33. The normalized spacial score (nSPS) is 15.8. The number of carboxylic acids is 1. The first-order valence-electron chi connectivity index (χ1n) is 7.80. The fourth-order valence-corrected chi connectivity index (χ4v) is 2.85. The topological polar surface area (TPSA) is 85.3 Å². The summed E-state index contributed by atoms with van der Waals surface area (Å²) in [7, 11) is 0. The third kappa shape index (κ3) is 2.64. The summed E-state index contributed by atoms with van der Waals surface area (Å²) in [4.78, 5) is 15.3. The number of carbonyl (C=O) groups is 1. The lowest BCUT2D eigenvalue weighted by Crippen LogP contribution is -2.01. The molecular weight excluding hydrogens is 313 g/mol. The molecule has 1 unspecified atom stereocenters. The first kappa shape index (κ1) is 14.8. The van der Waals surface area contributed by atoms with Crippen molar-refractivity contribution in [3.05, 3.63) is 47.2 Å². The number of halogens is 1. The Hall–Kier alpha value is -2.77.